The molecule has 0 aromatic heterocycles. The summed E-state index contributed by atoms with van der Waals surface area (Å²) in [6.07, 6.45) is 1.12. The van der Waals surface area contributed by atoms with Crippen molar-refractivity contribution in [1.82, 2.24) is 4.90 Å². The van der Waals surface area contributed by atoms with Gasteiger partial charge in [0.25, 0.3) is 5.91 Å². The fourth-order valence-electron chi connectivity index (χ4n) is 3.78. The molecule has 0 bridgehead atoms. The Balaban J connectivity index is 1.90. The number of fused-ring (bicyclic) bond motifs is 1. The van der Waals surface area contributed by atoms with E-state index >= 15 is 0 Å². The molecule has 4 nitrogen and oxygen atoms in total. The van der Waals surface area contributed by atoms with Crippen molar-refractivity contribution in [1.29, 1.82) is 0 Å². The largest absolute Gasteiger partial charge is 0.336 e. The zero-order valence-corrected chi connectivity index (χ0v) is 14.1. The summed E-state index contributed by atoms with van der Waals surface area (Å²) in [4.78, 5) is 31.2. The number of amides is 1. The van der Waals surface area contributed by atoms with E-state index < -0.39 is 0 Å². The van der Waals surface area contributed by atoms with Gasteiger partial charge >= 0.3 is 0 Å². The topological polar surface area (TPSA) is 49.7 Å². The van der Waals surface area contributed by atoms with Crippen molar-refractivity contribution in [3.63, 3.8) is 0 Å². The summed E-state index contributed by atoms with van der Waals surface area (Å²) in [5.74, 6) is -1.08. The van der Waals surface area contributed by atoms with Gasteiger partial charge in [-0.2, -0.15) is 0 Å². The standard InChI is InChI=1S/C17H14BrFN2O2/c1-21-7-12-16(17(21)23)14(8-2-3-10(19)9(18)6-8)15-11(20-12)4-5-13(15)22/h2-3,6,14-15H,4-5,7H2,1H3. The Labute approximate surface area is 141 Å². The lowest BCUT2D eigenvalue weighted by Gasteiger charge is -2.28. The summed E-state index contributed by atoms with van der Waals surface area (Å²) in [7, 11) is 1.73. The Hall–Kier alpha value is -1.82. The second-order valence-corrected chi connectivity index (χ2v) is 7.07. The number of hydrogen-bond acceptors (Lipinski definition) is 3. The van der Waals surface area contributed by atoms with Crippen LogP contribution in [0.25, 0.3) is 0 Å². The molecule has 1 amide bonds. The molecule has 3 aliphatic rings. The first-order valence-corrected chi connectivity index (χ1v) is 8.30. The van der Waals surface area contributed by atoms with E-state index in [0.29, 0.717) is 29.4 Å². The Bertz CT molecular complexity index is 815. The fraction of sp³-hybridized carbons (Fsp3) is 0.353. The van der Waals surface area contributed by atoms with Crippen LogP contribution in [-0.4, -0.2) is 35.9 Å². The zero-order valence-electron chi connectivity index (χ0n) is 12.5. The Morgan fingerprint density at radius 1 is 1.26 bits per heavy atom. The van der Waals surface area contributed by atoms with E-state index in [1.807, 2.05) is 0 Å². The summed E-state index contributed by atoms with van der Waals surface area (Å²) < 4.78 is 13.9. The van der Waals surface area contributed by atoms with Gasteiger partial charge in [-0.05, 0) is 40.0 Å². The maximum absolute atomic E-state index is 13.6. The van der Waals surface area contributed by atoms with Gasteiger partial charge in [0, 0.05) is 30.7 Å². The maximum Gasteiger partial charge on any atom is 0.252 e. The third kappa shape index (κ3) is 2.11. The maximum atomic E-state index is 13.6. The minimum absolute atomic E-state index is 0.0899. The number of aliphatic imine (C=N–C) groups is 1. The Kier molecular flexibility index (Phi) is 3.27. The molecule has 118 valence electrons. The second kappa shape index (κ2) is 5.09. The van der Waals surface area contributed by atoms with E-state index in [9.17, 15) is 14.0 Å². The molecule has 2 heterocycles. The number of rotatable bonds is 1. The summed E-state index contributed by atoms with van der Waals surface area (Å²) >= 11 is 3.20. The molecule has 2 atom stereocenters. The molecule has 1 saturated carbocycles. The van der Waals surface area contributed by atoms with Gasteiger partial charge in [-0.3, -0.25) is 14.6 Å². The van der Waals surface area contributed by atoms with E-state index in [0.717, 1.165) is 17.0 Å². The lowest BCUT2D eigenvalue weighted by Crippen LogP contribution is -2.31. The molecule has 1 aliphatic carbocycles. The molecule has 2 unspecified atom stereocenters. The van der Waals surface area contributed by atoms with Crippen molar-refractivity contribution in [2.75, 3.05) is 13.6 Å². The second-order valence-electron chi connectivity index (χ2n) is 6.22. The van der Waals surface area contributed by atoms with Crippen molar-refractivity contribution in [2.45, 2.75) is 18.8 Å². The van der Waals surface area contributed by atoms with Crippen LogP contribution in [0.3, 0.4) is 0 Å². The molecule has 0 saturated heterocycles. The molecule has 4 rings (SSSR count). The first-order valence-electron chi connectivity index (χ1n) is 7.51. The lowest BCUT2D eigenvalue weighted by molar-refractivity contribution is -0.124. The van der Waals surface area contributed by atoms with Crippen LogP contribution >= 0.6 is 15.9 Å². The van der Waals surface area contributed by atoms with Crippen LogP contribution in [0, 0.1) is 11.7 Å². The number of carbonyl (C=O) groups is 2. The molecule has 23 heavy (non-hydrogen) atoms. The van der Waals surface area contributed by atoms with Gasteiger partial charge in [0.1, 0.15) is 11.6 Å². The minimum Gasteiger partial charge on any atom is -0.336 e. The van der Waals surface area contributed by atoms with E-state index in [1.54, 1.807) is 24.1 Å². The first-order chi connectivity index (χ1) is 11.0. The summed E-state index contributed by atoms with van der Waals surface area (Å²) in [5.41, 5.74) is 2.99. The SMILES string of the molecule is CN1CC2=C(C1=O)C(c1ccc(F)c(Br)c1)C1C(=O)CCC1=N2. The van der Waals surface area contributed by atoms with E-state index in [2.05, 4.69) is 20.9 Å². The predicted molar refractivity (Wildman–Crippen MR) is 86.7 cm³/mol. The molecule has 0 radical (unpaired) electrons. The van der Waals surface area contributed by atoms with Crippen LogP contribution in [-0.2, 0) is 9.59 Å². The van der Waals surface area contributed by atoms with Crippen molar-refractivity contribution in [3.05, 3.63) is 45.3 Å². The van der Waals surface area contributed by atoms with Crippen molar-refractivity contribution in [3.8, 4) is 0 Å². The van der Waals surface area contributed by atoms with Gasteiger partial charge in [-0.15, -0.1) is 0 Å². The average molecular weight is 377 g/mol. The summed E-state index contributed by atoms with van der Waals surface area (Å²) in [6.45, 7) is 0.470. The molecule has 1 aromatic carbocycles. The van der Waals surface area contributed by atoms with Gasteiger partial charge < -0.3 is 4.90 Å². The number of likely N-dealkylation sites (N-methyl/N-ethyl adjacent to an activating group) is 1. The molecule has 0 N–H and O–H groups in total. The van der Waals surface area contributed by atoms with Gasteiger partial charge in [-0.1, -0.05) is 6.07 Å². The van der Waals surface area contributed by atoms with Crippen LogP contribution in [0.1, 0.15) is 24.3 Å². The molecule has 1 aromatic rings. The van der Waals surface area contributed by atoms with Crippen molar-refractivity contribution < 1.29 is 14.0 Å². The molecule has 1 fully saturated rings. The first kappa shape index (κ1) is 14.8. The van der Waals surface area contributed by atoms with Crippen LogP contribution in [0.5, 0.6) is 0 Å². The average Bonchev–Trinajstić information content (AvgIpc) is 3.02. The summed E-state index contributed by atoms with van der Waals surface area (Å²) in [5, 5.41) is 0. The quantitative estimate of drug-likeness (QED) is 0.756. The van der Waals surface area contributed by atoms with E-state index in [1.165, 1.54) is 6.07 Å². The molecule has 0 spiro atoms. The number of halogens is 2. The third-order valence-corrected chi connectivity index (χ3v) is 5.44. The van der Waals surface area contributed by atoms with E-state index in [4.69, 9.17) is 0 Å². The highest BCUT2D eigenvalue weighted by Crippen LogP contribution is 2.46. The predicted octanol–water partition coefficient (Wildman–Crippen LogP) is 2.83. The molecule has 2 aliphatic heterocycles. The minimum atomic E-state index is -0.387. The van der Waals surface area contributed by atoms with Crippen LogP contribution < -0.4 is 0 Å². The van der Waals surface area contributed by atoms with Crippen LogP contribution in [0.4, 0.5) is 4.39 Å². The highest BCUT2D eigenvalue weighted by Gasteiger charge is 2.48. The molecular formula is C17H14BrFN2O2. The molecule has 6 heteroatoms. The number of ketones is 1. The number of benzene rings is 1. The van der Waals surface area contributed by atoms with Gasteiger partial charge in [-0.25, -0.2) is 4.39 Å². The van der Waals surface area contributed by atoms with Crippen LogP contribution in [0.2, 0.25) is 0 Å². The highest BCUT2D eigenvalue weighted by atomic mass is 79.9. The molecular weight excluding hydrogens is 363 g/mol. The highest BCUT2D eigenvalue weighted by molar-refractivity contribution is 9.10. The van der Waals surface area contributed by atoms with Gasteiger partial charge in [0.05, 0.1) is 22.6 Å². The third-order valence-electron chi connectivity index (χ3n) is 4.83. The van der Waals surface area contributed by atoms with E-state index in [-0.39, 0.29) is 29.3 Å². The Morgan fingerprint density at radius 3 is 2.78 bits per heavy atom. The van der Waals surface area contributed by atoms with Crippen LogP contribution in [0.15, 0.2) is 38.9 Å². The van der Waals surface area contributed by atoms with Gasteiger partial charge in [0.2, 0.25) is 0 Å². The fourth-order valence-corrected chi connectivity index (χ4v) is 4.17. The van der Waals surface area contributed by atoms with Crippen molar-refractivity contribution >= 4 is 33.3 Å². The smallest absolute Gasteiger partial charge is 0.252 e. The zero-order chi connectivity index (χ0) is 16.3. The Morgan fingerprint density at radius 2 is 2.04 bits per heavy atom. The normalized spacial score (nSPS) is 26.6. The lowest BCUT2D eigenvalue weighted by atomic mass is 9.76. The number of hydrogen-bond donors (Lipinski definition) is 0. The summed E-state index contributed by atoms with van der Waals surface area (Å²) in [6, 6.07) is 4.70. The van der Waals surface area contributed by atoms with Gasteiger partial charge in [0.15, 0.2) is 0 Å². The monoisotopic (exact) mass is 376 g/mol. The van der Waals surface area contributed by atoms with Crippen molar-refractivity contribution in [2.24, 2.45) is 10.9 Å². The number of Topliss-reactive ketones (excluding diaryl/α,β-unsaturated/α-hetero) is 1. The number of nitrogens with zero attached hydrogens (tertiary/aromatic N) is 2. The number of carbonyl (C=O) groups excluding carboxylic acids is 2.